The molecule has 2 N–H and O–H groups in total. The molecule has 1 aliphatic rings. The lowest BCUT2D eigenvalue weighted by atomic mass is 9.99. The molecule has 0 saturated carbocycles. The predicted molar refractivity (Wildman–Crippen MR) is 128 cm³/mol. The maximum Gasteiger partial charge on any atom is 0.321 e. The number of piperidine rings is 1. The van der Waals surface area contributed by atoms with Crippen molar-refractivity contribution in [1.29, 1.82) is 0 Å². The van der Waals surface area contributed by atoms with Crippen LogP contribution in [0.25, 0.3) is 0 Å². The summed E-state index contributed by atoms with van der Waals surface area (Å²) < 4.78 is 0. The Morgan fingerprint density at radius 3 is 2.78 bits per heavy atom. The van der Waals surface area contributed by atoms with Crippen LogP contribution in [0, 0.1) is 13.8 Å². The van der Waals surface area contributed by atoms with Gasteiger partial charge in [0, 0.05) is 35.4 Å². The maximum absolute atomic E-state index is 12.9. The van der Waals surface area contributed by atoms with E-state index in [2.05, 4.69) is 20.8 Å². The van der Waals surface area contributed by atoms with Crippen LogP contribution in [0.2, 0.25) is 5.02 Å². The Morgan fingerprint density at radius 2 is 1.97 bits per heavy atom. The van der Waals surface area contributed by atoms with Crippen LogP contribution in [0.4, 0.5) is 16.2 Å². The number of rotatable bonds is 4. The standard InChI is InChI=1S/C23H24ClN5O2S/c1-14-8-9-15(2)19(11-14)26-23(31)29-10-4-5-16(13-29)21-27-28-22(32-21)20(30)25-18-7-3-6-17(24)12-18/h3,6-9,11-12,16H,4-5,10,13H2,1-2H3,(H,25,30)(H,26,31)/t16-/m1/s1. The molecule has 1 saturated heterocycles. The summed E-state index contributed by atoms with van der Waals surface area (Å²) in [7, 11) is 0. The summed E-state index contributed by atoms with van der Waals surface area (Å²) >= 11 is 7.24. The molecular formula is C23H24ClN5O2S. The number of urea groups is 1. The maximum atomic E-state index is 12.9. The molecule has 9 heteroatoms. The Hall–Kier alpha value is -2.97. The number of aryl methyl sites for hydroxylation is 2. The van der Waals surface area contributed by atoms with Crippen molar-refractivity contribution in [3.8, 4) is 0 Å². The summed E-state index contributed by atoms with van der Waals surface area (Å²) in [6.45, 7) is 5.21. The third kappa shape index (κ3) is 5.26. The van der Waals surface area contributed by atoms with Gasteiger partial charge < -0.3 is 15.5 Å². The van der Waals surface area contributed by atoms with Gasteiger partial charge >= 0.3 is 6.03 Å². The Labute approximate surface area is 195 Å². The number of hydrogen-bond donors (Lipinski definition) is 2. The van der Waals surface area contributed by atoms with Crippen LogP contribution in [-0.2, 0) is 0 Å². The minimum atomic E-state index is -0.323. The molecule has 7 nitrogen and oxygen atoms in total. The van der Waals surface area contributed by atoms with E-state index in [-0.39, 0.29) is 22.9 Å². The predicted octanol–water partition coefficient (Wildman–Crippen LogP) is 5.47. The monoisotopic (exact) mass is 469 g/mol. The van der Waals surface area contributed by atoms with Crippen LogP contribution in [0.15, 0.2) is 42.5 Å². The molecule has 1 aromatic heterocycles. The van der Waals surface area contributed by atoms with Gasteiger partial charge in [0.25, 0.3) is 5.91 Å². The lowest BCUT2D eigenvalue weighted by Crippen LogP contribution is -2.41. The fraction of sp³-hybridized carbons (Fsp3) is 0.304. The third-order valence-corrected chi connectivity index (χ3v) is 6.73. The van der Waals surface area contributed by atoms with Gasteiger partial charge in [-0.2, -0.15) is 0 Å². The van der Waals surface area contributed by atoms with E-state index < -0.39 is 0 Å². The molecule has 3 amide bonds. The lowest BCUT2D eigenvalue weighted by Gasteiger charge is -2.31. The Kier molecular flexibility index (Phi) is 6.72. The van der Waals surface area contributed by atoms with Gasteiger partial charge in [-0.25, -0.2) is 4.79 Å². The van der Waals surface area contributed by atoms with Gasteiger partial charge in [0.15, 0.2) is 0 Å². The Bertz CT molecular complexity index is 1150. The molecule has 3 aromatic rings. The number of nitrogens with zero attached hydrogens (tertiary/aromatic N) is 3. The van der Waals surface area contributed by atoms with Gasteiger partial charge in [-0.1, -0.05) is 41.1 Å². The zero-order valence-electron chi connectivity index (χ0n) is 17.9. The van der Waals surface area contributed by atoms with Crippen molar-refractivity contribution < 1.29 is 9.59 Å². The smallest absolute Gasteiger partial charge is 0.321 e. The van der Waals surface area contributed by atoms with Crippen molar-refractivity contribution in [3.05, 3.63) is 68.6 Å². The molecule has 2 heterocycles. The van der Waals surface area contributed by atoms with Crippen LogP contribution in [0.5, 0.6) is 0 Å². The molecule has 1 atom stereocenters. The topological polar surface area (TPSA) is 87.2 Å². The zero-order chi connectivity index (χ0) is 22.7. The normalized spacial score (nSPS) is 16.0. The quantitative estimate of drug-likeness (QED) is 0.530. The van der Waals surface area contributed by atoms with E-state index in [1.165, 1.54) is 11.3 Å². The van der Waals surface area contributed by atoms with Crippen LogP contribution in [0.3, 0.4) is 0 Å². The van der Waals surface area contributed by atoms with Crippen molar-refractivity contribution in [3.63, 3.8) is 0 Å². The van der Waals surface area contributed by atoms with Gasteiger partial charge in [0.2, 0.25) is 5.01 Å². The van der Waals surface area contributed by atoms with E-state index in [4.69, 9.17) is 11.6 Å². The molecule has 2 aromatic carbocycles. The van der Waals surface area contributed by atoms with Crippen LogP contribution in [0.1, 0.15) is 44.7 Å². The fourth-order valence-electron chi connectivity index (χ4n) is 3.67. The summed E-state index contributed by atoms with van der Waals surface area (Å²) in [5.74, 6) is -0.269. The average Bonchev–Trinajstić information content (AvgIpc) is 3.27. The van der Waals surface area contributed by atoms with Gasteiger partial charge in [0.05, 0.1) is 0 Å². The zero-order valence-corrected chi connectivity index (χ0v) is 19.5. The highest BCUT2D eigenvalue weighted by molar-refractivity contribution is 7.13. The molecule has 166 valence electrons. The summed E-state index contributed by atoms with van der Waals surface area (Å²) in [4.78, 5) is 27.2. The number of carbonyl (C=O) groups is 2. The number of halogens is 1. The SMILES string of the molecule is Cc1ccc(C)c(NC(=O)N2CCC[C@@H](c3nnc(C(=O)Nc4cccc(Cl)c4)s3)C2)c1. The van der Waals surface area contributed by atoms with Crippen molar-refractivity contribution in [2.75, 3.05) is 23.7 Å². The molecule has 4 rings (SSSR count). The van der Waals surface area contributed by atoms with E-state index in [1.807, 2.05) is 36.9 Å². The number of aromatic nitrogens is 2. The van der Waals surface area contributed by atoms with E-state index in [0.29, 0.717) is 23.8 Å². The van der Waals surface area contributed by atoms with Gasteiger partial charge in [-0.15, -0.1) is 10.2 Å². The van der Waals surface area contributed by atoms with Crippen molar-refractivity contribution in [1.82, 2.24) is 15.1 Å². The summed E-state index contributed by atoms with van der Waals surface area (Å²) in [6, 6.07) is 12.8. The number of benzene rings is 2. The molecule has 0 spiro atoms. The summed E-state index contributed by atoms with van der Waals surface area (Å²) in [5, 5.41) is 15.7. The van der Waals surface area contributed by atoms with Gasteiger partial charge in [-0.05, 0) is 62.1 Å². The second-order valence-corrected chi connectivity index (χ2v) is 9.39. The van der Waals surface area contributed by atoms with Gasteiger partial charge in [-0.3, -0.25) is 4.79 Å². The van der Waals surface area contributed by atoms with E-state index in [1.54, 1.807) is 24.3 Å². The highest BCUT2D eigenvalue weighted by Gasteiger charge is 2.28. The van der Waals surface area contributed by atoms with Crippen LogP contribution in [-0.4, -0.2) is 40.1 Å². The second kappa shape index (κ2) is 9.67. The largest absolute Gasteiger partial charge is 0.324 e. The minimum absolute atomic E-state index is 0.0540. The second-order valence-electron chi connectivity index (χ2n) is 7.94. The third-order valence-electron chi connectivity index (χ3n) is 5.41. The van der Waals surface area contributed by atoms with Crippen LogP contribution < -0.4 is 10.6 Å². The molecule has 1 fully saturated rings. The first-order valence-electron chi connectivity index (χ1n) is 10.4. The fourth-order valence-corrected chi connectivity index (χ4v) is 4.72. The summed E-state index contributed by atoms with van der Waals surface area (Å²) in [5.41, 5.74) is 3.55. The number of anilines is 2. The van der Waals surface area contributed by atoms with E-state index >= 15 is 0 Å². The highest BCUT2D eigenvalue weighted by atomic mass is 35.5. The number of likely N-dealkylation sites (tertiary alicyclic amines) is 1. The Morgan fingerprint density at radius 1 is 1.12 bits per heavy atom. The van der Waals surface area contributed by atoms with Gasteiger partial charge in [0.1, 0.15) is 5.01 Å². The van der Waals surface area contributed by atoms with Crippen molar-refractivity contribution >= 4 is 46.3 Å². The number of nitrogens with one attached hydrogen (secondary N) is 2. The minimum Gasteiger partial charge on any atom is -0.324 e. The number of hydrogen-bond acceptors (Lipinski definition) is 5. The number of carbonyl (C=O) groups excluding carboxylic acids is 2. The molecule has 0 radical (unpaired) electrons. The molecule has 0 unspecified atom stereocenters. The Balaban J connectivity index is 1.40. The van der Waals surface area contributed by atoms with Crippen molar-refractivity contribution in [2.45, 2.75) is 32.6 Å². The first-order valence-corrected chi connectivity index (χ1v) is 11.6. The molecule has 32 heavy (non-hydrogen) atoms. The lowest BCUT2D eigenvalue weighted by molar-refractivity contribution is 0.102. The number of amides is 3. The molecule has 0 bridgehead atoms. The molecular weight excluding hydrogens is 446 g/mol. The first kappa shape index (κ1) is 22.2. The summed E-state index contributed by atoms with van der Waals surface area (Å²) in [6.07, 6.45) is 1.77. The average molecular weight is 470 g/mol. The van der Waals surface area contributed by atoms with Crippen LogP contribution >= 0.6 is 22.9 Å². The highest BCUT2D eigenvalue weighted by Crippen LogP contribution is 2.30. The first-order chi connectivity index (χ1) is 15.4. The molecule has 0 aliphatic carbocycles. The van der Waals surface area contributed by atoms with E-state index in [0.717, 1.165) is 34.7 Å². The van der Waals surface area contributed by atoms with E-state index in [9.17, 15) is 9.59 Å². The van der Waals surface area contributed by atoms with Crippen molar-refractivity contribution in [2.24, 2.45) is 0 Å². The molecule has 1 aliphatic heterocycles.